The summed E-state index contributed by atoms with van der Waals surface area (Å²) in [4.78, 5) is 21.1. The van der Waals surface area contributed by atoms with Crippen molar-refractivity contribution in [3.05, 3.63) is 90.3 Å². The van der Waals surface area contributed by atoms with Gasteiger partial charge < -0.3 is 16.4 Å². The zero-order valence-electron chi connectivity index (χ0n) is 15.1. The third kappa shape index (κ3) is 3.91. The van der Waals surface area contributed by atoms with Crippen LogP contribution in [-0.4, -0.2) is 15.9 Å². The van der Waals surface area contributed by atoms with Crippen molar-refractivity contribution in [3.8, 4) is 0 Å². The number of nitrogens with two attached hydrogens (primary N) is 1. The number of nitrogens with one attached hydrogen (secondary N) is 2. The van der Waals surface area contributed by atoms with Crippen LogP contribution in [0.3, 0.4) is 0 Å². The van der Waals surface area contributed by atoms with Gasteiger partial charge in [0.25, 0.3) is 5.91 Å². The second kappa shape index (κ2) is 7.75. The number of pyridine rings is 2. The summed E-state index contributed by atoms with van der Waals surface area (Å²) in [5, 5.41) is 7.16. The maximum atomic E-state index is 12.6. The van der Waals surface area contributed by atoms with Gasteiger partial charge in [0.1, 0.15) is 11.5 Å². The molecule has 0 atom stereocenters. The fourth-order valence-corrected chi connectivity index (χ4v) is 2.91. The van der Waals surface area contributed by atoms with E-state index in [4.69, 9.17) is 5.73 Å². The van der Waals surface area contributed by atoms with E-state index in [0.29, 0.717) is 23.7 Å². The van der Waals surface area contributed by atoms with Gasteiger partial charge in [-0.3, -0.25) is 4.79 Å². The van der Waals surface area contributed by atoms with Crippen molar-refractivity contribution in [1.29, 1.82) is 0 Å². The molecule has 0 aliphatic carbocycles. The molecule has 4 N–H and O–H groups in total. The zero-order valence-corrected chi connectivity index (χ0v) is 15.1. The Bertz CT molecular complexity index is 1140. The van der Waals surface area contributed by atoms with E-state index in [1.807, 2.05) is 66.7 Å². The molecule has 0 spiro atoms. The highest BCUT2D eigenvalue weighted by Gasteiger charge is 2.09. The monoisotopic (exact) mass is 369 g/mol. The molecule has 0 saturated heterocycles. The Hall–Kier alpha value is -3.93. The first-order valence-corrected chi connectivity index (χ1v) is 8.89. The Morgan fingerprint density at radius 3 is 2.75 bits per heavy atom. The molecule has 4 aromatic rings. The molecule has 6 nitrogen and oxygen atoms in total. The van der Waals surface area contributed by atoms with Crippen LogP contribution >= 0.6 is 0 Å². The van der Waals surface area contributed by atoms with Gasteiger partial charge in [0.2, 0.25) is 0 Å². The third-order valence-corrected chi connectivity index (χ3v) is 4.34. The smallest absolute Gasteiger partial charge is 0.274 e. The van der Waals surface area contributed by atoms with Crippen LogP contribution in [0.1, 0.15) is 16.1 Å². The van der Waals surface area contributed by atoms with Gasteiger partial charge in [0.05, 0.1) is 11.2 Å². The minimum atomic E-state index is -0.243. The summed E-state index contributed by atoms with van der Waals surface area (Å²) < 4.78 is 0. The molecule has 28 heavy (non-hydrogen) atoms. The Kier molecular flexibility index (Phi) is 4.84. The second-order valence-electron chi connectivity index (χ2n) is 6.33. The molecule has 6 heteroatoms. The Labute approximate surface area is 162 Å². The molecule has 138 valence electrons. The summed E-state index contributed by atoms with van der Waals surface area (Å²) >= 11 is 0. The molecule has 0 saturated carbocycles. The maximum absolute atomic E-state index is 12.6. The van der Waals surface area contributed by atoms with Crippen LogP contribution in [-0.2, 0) is 6.54 Å². The van der Waals surface area contributed by atoms with E-state index in [1.165, 1.54) is 0 Å². The van der Waals surface area contributed by atoms with Crippen LogP contribution in [0.4, 0.5) is 17.2 Å². The molecular weight excluding hydrogens is 350 g/mol. The molecule has 0 fully saturated rings. The largest absolute Gasteiger partial charge is 0.382 e. The Balaban J connectivity index is 1.46. The number of carbonyl (C=O) groups is 1. The van der Waals surface area contributed by atoms with Gasteiger partial charge in [-0.25, -0.2) is 9.97 Å². The van der Waals surface area contributed by atoms with E-state index in [-0.39, 0.29) is 5.91 Å². The van der Waals surface area contributed by atoms with Gasteiger partial charge >= 0.3 is 0 Å². The van der Waals surface area contributed by atoms with Gasteiger partial charge in [-0.2, -0.15) is 0 Å². The minimum Gasteiger partial charge on any atom is -0.382 e. The molecule has 2 heterocycles. The molecule has 1 amide bonds. The normalized spacial score (nSPS) is 10.6. The van der Waals surface area contributed by atoms with Crippen molar-refractivity contribution >= 4 is 34.0 Å². The van der Waals surface area contributed by atoms with Crippen LogP contribution in [0, 0.1) is 0 Å². The molecule has 0 aliphatic heterocycles. The Morgan fingerprint density at radius 1 is 0.964 bits per heavy atom. The number of para-hydroxylation sites is 1. The lowest BCUT2D eigenvalue weighted by atomic mass is 10.1. The van der Waals surface area contributed by atoms with Crippen LogP contribution in [0.15, 0.2) is 79.0 Å². The minimum absolute atomic E-state index is 0.243. The van der Waals surface area contributed by atoms with Crippen LogP contribution in [0.2, 0.25) is 0 Å². The number of hydrogen-bond acceptors (Lipinski definition) is 5. The highest BCUT2D eigenvalue weighted by Crippen LogP contribution is 2.18. The molecule has 2 aromatic carbocycles. The topological polar surface area (TPSA) is 92.9 Å². The predicted octanol–water partition coefficient (Wildman–Crippen LogP) is 4.08. The molecular formula is C22H19N5O. The highest BCUT2D eigenvalue weighted by atomic mass is 16.1. The first-order chi connectivity index (χ1) is 13.7. The van der Waals surface area contributed by atoms with Crippen molar-refractivity contribution in [2.45, 2.75) is 6.54 Å². The van der Waals surface area contributed by atoms with E-state index < -0.39 is 0 Å². The number of benzene rings is 2. The molecule has 4 rings (SSSR count). The van der Waals surface area contributed by atoms with Crippen LogP contribution in [0.25, 0.3) is 10.9 Å². The standard InChI is InChI=1S/C22H19N5O/c23-21-19(9-4-12-24-21)25-14-15-5-3-7-17(13-15)26-22(28)20-11-10-16-6-1-2-8-18(16)27-20/h1-13,25H,14H2,(H2,23,24)(H,26,28). The quantitative estimate of drug-likeness (QED) is 0.493. The number of carbonyl (C=O) groups excluding carboxylic acids is 1. The van der Waals surface area contributed by atoms with Gasteiger partial charge in [-0.15, -0.1) is 0 Å². The first kappa shape index (κ1) is 17.5. The Morgan fingerprint density at radius 2 is 1.86 bits per heavy atom. The fourth-order valence-electron chi connectivity index (χ4n) is 2.91. The van der Waals surface area contributed by atoms with E-state index in [2.05, 4.69) is 20.6 Å². The summed E-state index contributed by atoms with van der Waals surface area (Å²) in [6.07, 6.45) is 1.65. The second-order valence-corrected chi connectivity index (χ2v) is 6.33. The fraction of sp³-hybridized carbons (Fsp3) is 0.0455. The summed E-state index contributed by atoms with van der Waals surface area (Å²) in [5.41, 5.74) is 9.51. The van der Waals surface area contributed by atoms with E-state index in [1.54, 1.807) is 12.3 Å². The van der Waals surface area contributed by atoms with Crippen molar-refractivity contribution < 1.29 is 4.79 Å². The average molecular weight is 369 g/mol. The third-order valence-electron chi connectivity index (χ3n) is 4.34. The van der Waals surface area contributed by atoms with Gasteiger partial charge in [-0.05, 0) is 42.0 Å². The summed E-state index contributed by atoms with van der Waals surface area (Å²) in [7, 11) is 0. The number of fused-ring (bicyclic) bond motifs is 1. The summed E-state index contributed by atoms with van der Waals surface area (Å²) in [5.74, 6) is 0.210. The number of nitrogens with zero attached hydrogens (tertiary/aromatic N) is 2. The number of aromatic nitrogens is 2. The lowest BCUT2D eigenvalue weighted by molar-refractivity contribution is 0.102. The molecule has 2 aromatic heterocycles. The summed E-state index contributed by atoms with van der Waals surface area (Å²) in [6.45, 7) is 0.563. The number of nitrogen functional groups attached to an aromatic ring is 1. The van der Waals surface area contributed by atoms with Crippen LogP contribution < -0.4 is 16.4 Å². The van der Waals surface area contributed by atoms with Gasteiger partial charge in [0, 0.05) is 23.8 Å². The maximum Gasteiger partial charge on any atom is 0.274 e. The van der Waals surface area contributed by atoms with Gasteiger partial charge in [-0.1, -0.05) is 36.4 Å². The van der Waals surface area contributed by atoms with Crippen molar-refractivity contribution in [1.82, 2.24) is 9.97 Å². The van der Waals surface area contributed by atoms with Crippen molar-refractivity contribution in [2.24, 2.45) is 0 Å². The summed E-state index contributed by atoms with van der Waals surface area (Å²) in [6, 6.07) is 22.7. The molecule has 0 bridgehead atoms. The number of hydrogen-bond donors (Lipinski definition) is 3. The lowest BCUT2D eigenvalue weighted by Gasteiger charge is -2.10. The first-order valence-electron chi connectivity index (χ1n) is 8.89. The number of anilines is 3. The number of rotatable bonds is 5. The molecule has 0 aliphatic rings. The predicted molar refractivity (Wildman–Crippen MR) is 112 cm³/mol. The van der Waals surface area contributed by atoms with Crippen molar-refractivity contribution in [2.75, 3.05) is 16.4 Å². The molecule has 0 unspecified atom stereocenters. The zero-order chi connectivity index (χ0) is 19.3. The van der Waals surface area contributed by atoms with Gasteiger partial charge in [0.15, 0.2) is 0 Å². The van der Waals surface area contributed by atoms with Crippen LogP contribution in [0.5, 0.6) is 0 Å². The van der Waals surface area contributed by atoms with Crippen molar-refractivity contribution in [3.63, 3.8) is 0 Å². The average Bonchev–Trinajstić information content (AvgIpc) is 2.73. The SMILES string of the molecule is Nc1ncccc1NCc1cccc(NC(=O)c2ccc3ccccc3n2)c1. The van der Waals surface area contributed by atoms with E-state index >= 15 is 0 Å². The molecule has 0 radical (unpaired) electrons. The highest BCUT2D eigenvalue weighted by molar-refractivity contribution is 6.04. The van der Waals surface area contributed by atoms with E-state index in [9.17, 15) is 4.79 Å². The van der Waals surface area contributed by atoms with E-state index in [0.717, 1.165) is 22.2 Å². The lowest BCUT2D eigenvalue weighted by Crippen LogP contribution is -2.14. The number of amides is 1.